The fraction of sp³-hybridized carbons (Fsp3) is 0.375. The predicted molar refractivity (Wildman–Crippen MR) is 126 cm³/mol. The Morgan fingerprint density at radius 3 is 2.65 bits per heavy atom. The molecule has 4 rings (SSSR count). The largest absolute Gasteiger partial charge is 0.464 e. The first-order valence-electron chi connectivity index (χ1n) is 10.7. The summed E-state index contributed by atoms with van der Waals surface area (Å²) in [4.78, 5) is 17.2. The Kier molecular flexibility index (Phi) is 7.38. The number of carbonyl (C=O) groups excluding carboxylic acids is 1. The molecule has 0 radical (unpaired) electrons. The molecule has 1 amide bonds. The molecule has 1 N–H and O–H groups in total. The molecule has 5 nitrogen and oxygen atoms in total. The molecule has 7 heteroatoms. The van der Waals surface area contributed by atoms with E-state index < -0.39 is 0 Å². The lowest BCUT2D eigenvalue weighted by Crippen LogP contribution is -2.46. The first-order chi connectivity index (χ1) is 15.1. The predicted octanol–water partition coefficient (Wildman–Crippen LogP) is 4.53. The lowest BCUT2D eigenvalue weighted by atomic mass is 10.0. The molecule has 2 aromatic rings. The van der Waals surface area contributed by atoms with E-state index >= 15 is 0 Å². The smallest absolute Gasteiger partial charge is 0.250 e. The van der Waals surface area contributed by atoms with E-state index in [0.717, 1.165) is 62.6 Å². The number of hydrogen-bond acceptors (Lipinski definition) is 4. The van der Waals surface area contributed by atoms with Gasteiger partial charge in [-0.3, -0.25) is 9.69 Å². The summed E-state index contributed by atoms with van der Waals surface area (Å²) in [6.45, 7) is 5.58. The summed E-state index contributed by atoms with van der Waals surface area (Å²) >= 11 is 12.5. The van der Waals surface area contributed by atoms with Crippen LogP contribution in [0.3, 0.4) is 0 Å². The van der Waals surface area contributed by atoms with E-state index in [1.165, 1.54) is 0 Å². The van der Waals surface area contributed by atoms with Crippen LogP contribution in [0, 0.1) is 0 Å². The molecule has 1 saturated heterocycles. The van der Waals surface area contributed by atoms with Crippen molar-refractivity contribution in [2.45, 2.75) is 19.3 Å². The van der Waals surface area contributed by atoms with Crippen LogP contribution in [0.15, 0.2) is 54.3 Å². The Hall–Kier alpha value is -2.21. The monoisotopic (exact) mass is 459 g/mol. The van der Waals surface area contributed by atoms with Crippen molar-refractivity contribution in [1.82, 2.24) is 10.2 Å². The fourth-order valence-electron chi connectivity index (χ4n) is 4.00. The van der Waals surface area contributed by atoms with Gasteiger partial charge in [0, 0.05) is 39.1 Å². The standard InChI is InChI=1S/C24H27Cl2N3O2/c25-20-7-5-8-21(23(20)26)29-14-12-28(13-15-29)11-4-3-10-27-24(30)19-16-18-6-1-2-9-22(18)31-17-19/h1-2,5-9,17H,3-4,10-16H2,(H,27,30). The van der Waals surface area contributed by atoms with Gasteiger partial charge in [0.1, 0.15) is 12.0 Å². The molecule has 0 unspecified atom stereocenters. The van der Waals surface area contributed by atoms with Crippen LogP contribution in [0.4, 0.5) is 5.69 Å². The minimum atomic E-state index is -0.0403. The number of ether oxygens (including phenoxy) is 1. The van der Waals surface area contributed by atoms with E-state index in [9.17, 15) is 4.79 Å². The van der Waals surface area contributed by atoms with Gasteiger partial charge in [0.25, 0.3) is 5.91 Å². The van der Waals surface area contributed by atoms with Crippen LogP contribution < -0.4 is 15.0 Å². The van der Waals surface area contributed by atoms with Gasteiger partial charge in [-0.05, 0) is 43.1 Å². The maximum Gasteiger partial charge on any atom is 0.250 e. The summed E-state index contributed by atoms with van der Waals surface area (Å²) in [5, 5.41) is 4.25. The van der Waals surface area contributed by atoms with Crippen molar-refractivity contribution in [1.29, 1.82) is 0 Å². The SMILES string of the molecule is O=C(NCCCCN1CCN(c2cccc(Cl)c2Cl)CC1)C1=COc2ccccc2C1. The molecule has 164 valence electrons. The van der Waals surface area contributed by atoms with Crippen LogP contribution in [-0.2, 0) is 11.2 Å². The van der Waals surface area contributed by atoms with E-state index in [1.54, 1.807) is 6.26 Å². The Balaban J connectivity index is 1.13. The van der Waals surface area contributed by atoms with Gasteiger partial charge in [-0.15, -0.1) is 0 Å². The number of fused-ring (bicyclic) bond motifs is 1. The second kappa shape index (κ2) is 10.4. The highest BCUT2D eigenvalue weighted by Crippen LogP contribution is 2.33. The molecule has 0 aliphatic carbocycles. The van der Waals surface area contributed by atoms with Gasteiger partial charge in [0.15, 0.2) is 0 Å². The third kappa shape index (κ3) is 5.53. The van der Waals surface area contributed by atoms with Crippen molar-refractivity contribution in [2.75, 3.05) is 44.2 Å². The Bertz CT molecular complexity index is 956. The zero-order valence-corrected chi connectivity index (χ0v) is 19.0. The van der Waals surface area contributed by atoms with E-state index in [1.807, 2.05) is 42.5 Å². The van der Waals surface area contributed by atoms with Crippen molar-refractivity contribution in [3.05, 3.63) is 69.9 Å². The highest BCUT2D eigenvalue weighted by Gasteiger charge is 2.20. The van der Waals surface area contributed by atoms with Gasteiger partial charge in [-0.25, -0.2) is 0 Å². The summed E-state index contributed by atoms with van der Waals surface area (Å²) in [5.74, 6) is 0.790. The van der Waals surface area contributed by atoms with Gasteiger partial charge in [-0.1, -0.05) is 47.5 Å². The number of hydrogen-bond donors (Lipinski definition) is 1. The number of rotatable bonds is 7. The maximum absolute atomic E-state index is 12.4. The number of amides is 1. The zero-order valence-electron chi connectivity index (χ0n) is 17.4. The van der Waals surface area contributed by atoms with Crippen LogP contribution in [0.2, 0.25) is 10.0 Å². The molecule has 2 aliphatic heterocycles. The fourth-order valence-corrected chi connectivity index (χ4v) is 4.42. The maximum atomic E-state index is 12.4. The Morgan fingerprint density at radius 2 is 1.81 bits per heavy atom. The zero-order chi connectivity index (χ0) is 21.6. The van der Waals surface area contributed by atoms with Crippen LogP contribution in [-0.4, -0.2) is 50.1 Å². The first-order valence-corrected chi connectivity index (χ1v) is 11.5. The number of anilines is 1. The van der Waals surface area contributed by atoms with Gasteiger partial charge < -0.3 is 15.0 Å². The van der Waals surface area contributed by atoms with Gasteiger partial charge in [0.05, 0.1) is 21.3 Å². The number of unbranched alkanes of at least 4 members (excludes halogenated alkanes) is 1. The lowest BCUT2D eigenvalue weighted by Gasteiger charge is -2.36. The average molecular weight is 460 g/mol. The molecule has 31 heavy (non-hydrogen) atoms. The molecule has 2 aliphatic rings. The molecule has 0 bridgehead atoms. The Labute approximate surface area is 193 Å². The van der Waals surface area contributed by atoms with Gasteiger partial charge >= 0.3 is 0 Å². The third-order valence-electron chi connectivity index (χ3n) is 5.80. The number of nitrogens with one attached hydrogen (secondary N) is 1. The van der Waals surface area contributed by atoms with Crippen LogP contribution >= 0.6 is 23.2 Å². The van der Waals surface area contributed by atoms with Crippen molar-refractivity contribution in [3.63, 3.8) is 0 Å². The van der Waals surface area contributed by atoms with Gasteiger partial charge in [0.2, 0.25) is 0 Å². The lowest BCUT2D eigenvalue weighted by molar-refractivity contribution is -0.117. The van der Waals surface area contributed by atoms with Crippen LogP contribution in [0.25, 0.3) is 0 Å². The molecule has 0 atom stereocenters. The van der Waals surface area contributed by atoms with E-state index in [2.05, 4.69) is 15.1 Å². The topological polar surface area (TPSA) is 44.8 Å². The molecule has 0 spiro atoms. The minimum Gasteiger partial charge on any atom is -0.464 e. The number of carbonyl (C=O) groups is 1. The Morgan fingerprint density at radius 1 is 1.00 bits per heavy atom. The summed E-state index contributed by atoms with van der Waals surface area (Å²) in [5.41, 5.74) is 2.74. The number of para-hydroxylation sites is 1. The van der Waals surface area contributed by atoms with E-state index in [4.69, 9.17) is 27.9 Å². The summed E-state index contributed by atoms with van der Waals surface area (Å²) in [6, 6.07) is 13.6. The summed E-state index contributed by atoms with van der Waals surface area (Å²) in [6.07, 6.45) is 4.19. The number of piperazine rings is 1. The number of nitrogens with zero attached hydrogens (tertiary/aromatic N) is 2. The molecular formula is C24H27Cl2N3O2. The number of halogens is 2. The normalized spacial score (nSPS) is 16.3. The summed E-state index contributed by atoms with van der Waals surface area (Å²) < 4.78 is 5.57. The number of benzene rings is 2. The molecule has 2 aromatic carbocycles. The molecule has 0 saturated carbocycles. The second-order valence-electron chi connectivity index (χ2n) is 7.91. The first kappa shape index (κ1) is 22.0. The molecule has 0 aromatic heterocycles. The highest BCUT2D eigenvalue weighted by molar-refractivity contribution is 6.43. The van der Waals surface area contributed by atoms with Crippen LogP contribution in [0.5, 0.6) is 5.75 Å². The molecule has 1 fully saturated rings. The molecular weight excluding hydrogens is 433 g/mol. The van der Waals surface area contributed by atoms with Crippen molar-refractivity contribution in [2.24, 2.45) is 0 Å². The van der Waals surface area contributed by atoms with Crippen molar-refractivity contribution >= 4 is 34.8 Å². The van der Waals surface area contributed by atoms with E-state index in [0.29, 0.717) is 28.6 Å². The van der Waals surface area contributed by atoms with E-state index in [-0.39, 0.29) is 5.91 Å². The average Bonchev–Trinajstić information content (AvgIpc) is 2.80. The summed E-state index contributed by atoms with van der Waals surface area (Å²) in [7, 11) is 0. The second-order valence-corrected chi connectivity index (χ2v) is 8.70. The van der Waals surface area contributed by atoms with Crippen molar-refractivity contribution in [3.8, 4) is 5.75 Å². The molecule has 2 heterocycles. The minimum absolute atomic E-state index is 0.0403. The van der Waals surface area contributed by atoms with Crippen LogP contribution in [0.1, 0.15) is 18.4 Å². The highest BCUT2D eigenvalue weighted by atomic mass is 35.5. The van der Waals surface area contributed by atoms with Crippen molar-refractivity contribution < 1.29 is 9.53 Å². The quantitative estimate of drug-likeness (QED) is 0.617. The third-order valence-corrected chi connectivity index (χ3v) is 6.61. The van der Waals surface area contributed by atoms with Gasteiger partial charge in [-0.2, -0.15) is 0 Å².